The topological polar surface area (TPSA) is 37.3 Å². The third kappa shape index (κ3) is 2.83. The molecule has 0 bridgehead atoms. The summed E-state index contributed by atoms with van der Waals surface area (Å²) in [7, 11) is 0. The molecular weight excluding hydrogens is 296 g/mol. The van der Waals surface area contributed by atoms with Gasteiger partial charge in [0.2, 0.25) is 0 Å². The first-order valence-corrected chi connectivity index (χ1v) is 8.88. The van der Waals surface area contributed by atoms with Gasteiger partial charge in [-0.1, -0.05) is 64.6 Å². The highest BCUT2D eigenvalue weighted by molar-refractivity contribution is 5.88. The summed E-state index contributed by atoms with van der Waals surface area (Å²) < 4.78 is 0. The number of hydrogen-bond donors (Lipinski definition) is 1. The second-order valence-corrected chi connectivity index (χ2v) is 8.68. The fourth-order valence-corrected chi connectivity index (χ4v) is 4.22. The van der Waals surface area contributed by atoms with Crippen molar-refractivity contribution >= 4 is 5.97 Å². The van der Waals surface area contributed by atoms with Gasteiger partial charge in [0.1, 0.15) is 0 Å². The van der Waals surface area contributed by atoms with Gasteiger partial charge in [-0.25, -0.2) is 4.79 Å². The van der Waals surface area contributed by atoms with Gasteiger partial charge < -0.3 is 5.11 Å². The van der Waals surface area contributed by atoms with Crippen LogP contribution < -0.4 is 0 Å². The molecular formula is C22H28O2. The molecule has 0 unspecified atom stereocenters. The fourth-order valence-electron chi connectivity index (χ4n) is 4.22. The van der Waals surface area contributed by atoms with E-state index in [1.165, 1.54) is 29.5 Å². The van der Waals surface area contributed by atoms with Gasteiger partial charge in [-0.3, -0.25) is 0 Å². The molecule has 1 fully saturated rings. The first-order chi connectivity index (χ1) is 11.2. The zero-order valence-corrected chi connectivity index (χ0v) is 15.2. The zero-order chi connectivity index (χ0) is 17.7. The Labute approximate surface area is 145 Å². The number of benzene rings is 1. The predicted octanol–water partition coefficient (Wildman–Crippen LogP) is 5.34. The lowest BCUT2D eigenvalue weighted by molar-refractivity contribution is -0.132. The van der Waals surface area contributed by atoms with E-state index in [0.717, 1.165) is 6.42 Å². The molecule has 0 aliphatic heterocycles. The van der Waals surface area contributed by atoms with Gasteiger partial charge in [-0.15, -0.1) is 0 Å². The number of hydrogen-bond acceptors (Lipinski definition) is 1. The third-order valence-electron chi connectivity index (χ3n) is 6.04. The Morgan fingerprint density at radius 1 is 1.17 bits per heavy atom. The third-order valence-corrected chi connectivity index (χ3v) is 6.04. The van der Waals surface area contributed by atoms with Crippen molar-refractivity contribution in [3.8, 4) is 0 Å². The van der Waals surface area contributed by atoms with Crippen molar-refractivity contribution in [2.75, 3.05) is 0 Å². The normalized spacial score (nSPS) is 27.2. The van der Waals surface area contributed by atoms with E-state index in [1.807, 2.05) is 0 Å². The van der Waals surface area contributed by atoms with Gasteiger partial charge >= 0.3 is 5.97 Å². The van der Waals surface area contributed by atoms with Gasteiger partial charge in [-0.05, 0) is 58.6 Å². The molecule has 0 radical (unpaired) electrons. The van der Waals surface area contributed by atoms with E-state index in [9.17, 15) is 9.90 Å². The smallest absolute Gasteiger partial charge is 0.331 e. The van der Waals surface area contributed by atoms with Crippen LogP contribution in [0.4, 0.5) is 0 Å². The molecule has 2 aliphatic rings. The lowest BCUT2D eigenvalue weighted by Gasteiger charge is -2.42. The highest BCUT2D eigenvalue weighted by Gasteiger charge is 2.44. The standard InChI is InChI=1S/C22H28O2/c1-6-7-15(20(23)24)17-13-16(17)14-8-9-18-19(12-14)22(4,5)11-10-21(18,2)3/h6-9,12,16-17H,1,10-11,13H2,2-5H3,(H,23,24)/t16-,17-/m1/s1. The van der Waals surface area contributed by atoms with Crippen LogP contribution in [0.15, 0.2) is 42.5 Å². The highest BCUT2D eigenvalue weighted by Crippen LogP contribution is 2.54. The van der Waals surface area contributed by atoms with E-state index < -0.39 is 5.97 Å². The quantitative estimate of drug-likeness (QED) is 0.600. The minimum Gasteiger partial charge on any atom is -0.478 e. The molecule has 2 nitrogen and oxygen atoms in total. The minimum atomic E-state index is -0.818. The number of carboxylic acid groups (broad SMARTS) is 1. The predicted molar refractivity (Wildman–Crippen MR) is 98.5 cm³/mol. The van der Waals surface area contributed by atoms with Gasteiger partial charge in [0.15, 0.2) is 0 Å². The van der Waals surface area contributed by atoms with E-state index in [0.29, 0.717) is 11.5 Å². The van der Waals surface area contributed by atoms with Gasteiger partial charge in [-0.2, -0.15) is 0 Å². The molecule has 0 heterocycles. The zero-order valence-electron chi connectivity index (χ0n) is 15.2. The lowest BCUT2D eigenvalue weighted by Crippen LogP contribution is -2.33. The minimum absolute atomic E-state index is 0.123. The summed E-state index contributed by atoms with van der Waals surface area (Å²) in [6.45, 7) is 13.0. The number of fused-ring (bicyclic) bond motifs is 1. The molecule has 0 amide bonds. The van der Waals surface area contributed by atoms with E-state index in [1.54, 1.807) is 12.2 Å². The van der Waals surface area contributed by atoms with E-state index in [-0.39, 0.29) is 16.7 Å². The van der Waals surface area contributed by atoms with Crippen molar-refractivity contribution in [2.45, 2.75) is 63.7 Å². The molecule has 24 heavy (non-hydrogen) atoms. The van der Waals surface area contributed by atoms with Crippen molar-refractivity contribution in [1.29, 1.82) is 0 Å². The first kappa shape index (κ1) is 17.0. The van der Waals surface area contributed by atoms with Crippen LogP contribution in [0, 0.1) is 5.92 Å². The molecule has 2 atom stereocenters. The molecule has 1 aromatic carbocycles. The van der Waals surface area contributed by atoms with Crippen LogP contribution in [0.1, 0.15) is 69.6 Å². The monoisotopic (exact) mass is 324 g/mol. The molecule has 128 valence electrons. The lowest BCUT2D eigenvalue weighted by atomic mass is 9.63. The summed E-state index contributed by atoms with van der Waals surface area (Å²) in [5.74, 6) is -0.362. The number of carbonyl (C=O) groups is 1. The molecule has 1 aromatic rings. The molecule has 3 rings (SSSR count). The van der Waals surface area contributed by atoms with Crippen LogP contribution in [-0.4, -0.2) is 11.1 Å². The first-order valence-electron chi connectivity index (χ1n) is 8.88. The maximum absolute atomic E-state index is 11.5. The maximum atomic E-state index is 11.5. The van der Waals surface area contributed by atoms with E-state index in [2.05, 4.69) is 52.5 Å². The molecule has 2 aliphatic carbocycles. The molecule has 2 heteroatoms. The van der Waals surface area contributed by atoms with Crippen LogP contribution in [0.5, 0.6) is 0 Å². The molecule has 0 aromatic heterocycles. The van der Waals surface area contributed by atoms with Gasteiger partial charge in [0.25, 0.3) is 0 Å². The second-order valence-electron chi connectivity index (χ2n) is 8.68. The Hall–Kier alpha value is -1.83. The van der Waals surface area contributed by atoms with E-state index >= 15 is 0 Å². The molecule has 1 N–H and O–H groups in total. The number of aliphatic carboxylic acids is 1. The number of carboxylic acids is 1. The number of rotatable bonds is 4. The summed E-state index contributed by atoms with van der Waals surface area (Å²) in [5, 5.41) is 9.41. The summed E-state index contributed by atoms with van der Waals surface area (Å²) >= 11 is 0. The summed E-state index contributed by atoms with van der Waals surface area (Å²) in [5.41, 5.74) is 5.11. The maximum Gasteiger partial charge on any atom is 0.331 e. The van der Waals surface area contributed by atoms with Crippen LogP contribution in [0.3, 0.4) is 0 Å². The Morgan fingerprint density at radius 3 is 2.38 bits per heavy atom. The van der Waals surface area contributed by atoms with Crippen molar-refractivity contribution < 1.29 is 9.90 Å². The SMILES string of the molecule is C=CC=C(C(=O)O)[C@H]1C[C@@H]1c1ccc2c(c1)C(C)(C)CCC2(C)C. The van der Waals surface area contributed by atoms with Gasteiger partial charge in [0.05, 0.1) is 0 Å². The van der Waals surface area contributed by atoms with Crippen LogP contribution in [0.2, 0.25) is 0 Å². The van der Waals surface area contributed by atoms with Crippen LogP contribution in [0.25, 0.3) is 0 Å². The summed E-state index contributed by atoms with van der Waals surface area (Å²) in [4.78, 5) is 11.5. The highest BCUT2D eigenvalue weighted by atomic mass is 16.4. The van der Waals surface area contributed by atoms with Crippen LogP contribution in [-0.2, 0) is 15.6 Å². The Kier molecular flexibility index (Phi) is 3.98. The average Bonchev–Trinajstić information content (AvgIpc) is 3.29. The van der Waals surface area contributed by atoms with Crippen molar-refractivity contribution in [2.24, 2.45) is 5.92 Å². The molecule has 1 saturated carbocycles. The Morgan fingerprint density at radius 2 is 1.79 bits per heavy atom. The number of allylic oxidation sites excluding steroid dienone is 2. The summed E-state index contributed by atoms with van der Waals surface area (Å²) in [6, 6.07) is 6.87. The van der Waals surface area contributed by atoms with E-state index in [4.69, 9.17) is 0 Å². The van der Waals surface area contributed by atoms with Crippen molar-refractivity contribution in [3.63, 3.8) is 0 Å². The average molecular weight is 324 g/mol. The largest absolute Gasteiger partial charge is 0.478 e. The van der Waals surface area contributed by atoms with Crippen molar-refractivity contribution in [1.82, 2.24) is 0 Å². The van der Waals surface area contributed by atoms with Crippen molar-refractivity contribution in [3.05, 3.63) is 59.2 Å². The van der Waals surface area contributed by atoms with Crippen LogP contribution >= 0.6 is 0 Å². The molecule has 0 spiro atoms. The van der Waals surface area contributed by atoms with Gasteiger partial charge in [0, 0.05) is 5.57 Å². The Balaban J connectivity index is 1.95. The summed E-state index contributed by atoms with van der Waals surface area (Å²) in [6.07, 6.45) is 6.56. The Bertz CT molecular complexity index is 721. The fraction of sp³-hybridized carbons (Fsp3) is 0.500. The molecule has 0 saturated heterocycles. The second kappa shape index (κ2) is 5.61.